The lowest BCUT2D eigenvalue weighted by Gasteiger charge is -2.30. The molecular weight excluding hydrogens is 731 g/mol. The normalized spacial score (nSPS) is 16.7. The molecule has 3 heteroatoms. The first-order valence-corrected chi connectivity index (χ1v) is 21.2. The van der Waals surface area contributed by atoms with Crippen LogP contribution in [0.1, 0.15) is 61.3 Å². The highest BCUT2D eigenvalue weighted by atomic mass is 16.3. The van der Waals surface area contributed by atoms with Crippen LogP contribution in [0.25, 0.3) is 71.7 Å². The molecule has 3 aliphatic rings. The van der Waals surface area contributed by atoms with Crippen LogP contribution in [0.3, 0.4) is 0 Å². The number of para-hydroxylation sites is 2. The Kier molecular flexibility index (Phi) is 7.84. The predicted molar refractivity (Wildman–Crippen MR) is 250 cm³/mol. The molecule has 2 heterocycles. The standard InChI is InChI=1S/C57H43NO2/c1-57(2)49-22-11-9-18-44(49)45-33-32-42(34-50(45)57)58(40-28-24-37(25-29-40)36-14-5-3-6-15-36)41-30-26-38(27-31-41)43-20-13-21-46-48-35-52-54(47-19-10-12-23-51(47)59-52)53(56(48)60-55(43)46)39-16-7-4-8-17-39/h3-7,9-16,18-24,26-35,37H,8,17,25H2,1-2H3. The van der Waals surface area contributed by atoms with E-state index in [0.717, 1.165) is 91.2 Å². The molecule has 7 aromatic carbocycles. The molecular formula is C57H43NO2. The van der Waals surface area contributed by atoms with Crippen LogP contribution in [0.2, 0.25) is 0 Å². The van der Waals surface area contributed by atoms with Crippen molar-refractivity contribution in [1.82, 2.24) is 0 Å². The number of furan rings is 2. The molecule has 3 aliphatic carbocycles. The van der Waals surface area contributed by atoms with Crippen molar-refractivity contribution in [2.24, 2.45) is 0 Å². The minimum absolute atomic E-state index is 0.0995. The quantitative estimate of drug-likeness (QED) is 0.169. The van der Waals surface area contributed by atoms with Crippen molar-refractivity contribution in [3.05, 3.63) is 210 Å². The highest BCUT2D eigenvalue weighted by molar-refractivity contribution is 6.22. The van der Waals surface area contributed by atoms with Crippen molar-refractivity contribution in [3.63, 3.8) is 0 Å². The fourth-order valence-corrected chi connectivity index (χ4v) is 10.3. The van der Waals surface area contributed by atoms with Crippen LogP contribution in [0.5, 0.6) is 0 Å². The summed E-state index contributed by atoms with van der Waals surface area (Å²) in [5, 5.41) is 4.43. The molecule has 3 nitrogen and oxygen atoms in total. The Morgan fingerprint density at radius 3 is 2.22 bits per heavy atom. The lowest BCUT2D eigenvalue weighted by Crippen LogP contribution is -2.19. The zero-order valence-electron chi connectivity index (χ0n) is 33.8. The van der Waals surface area contributed by atoms with Crippen LogP contribution in [-0.2, 0) is 5.41 Å². The van der Waals surface area contributed by atoms with Gasteiger partial charge in [-0.25, -0.2) is 0 Å². The second kappa shape index (κ2) is 13.5. The van der Waals surface area contributed by atoms with Gasteiger partial charge in [-0.05, 0) is 101 Å². The van der Waals surface area contributed by atoms with Gasteiger partial charge in [0.25, 0.3) is 0 Å². The third-order valence-corrected chi connectivity index (χ3v) is 13.3. The first kappa shape index (κ1) is 34.9. The molecule has 0 fully saturated rings. The number of nitrogens with zero attached hydrogens (tertiary/aromatic N) is 1. The average molecular weight is 774 g/mol. The van der Waals surface area contributed by atoms with Crippen molar-refractivity contribution in [3.8, 4) is 22.3 Å². The summed E-state index contributed by atoms with van der Waals surface area (Å²) >= 11 is 0. The summed E-state index contributed by atoms with van der Waals surface area (Å²) in [5.41, 5.74) is 18.3. The van der Waals surface area contributed by atoms with Crippen LogP contribution >= 0.6 is 0 Å². The molecule has 288 valence electrons. The van der Waals surface area contributed by atoms with E-state index in [1.54, 1.807) is 0 Å². The molecule has 12 rings (SSSR count). The number of hydrogen-bond donors (Lipinski definition) is 0. The maximum absolute atomic E-state index is 7.09. The Hall–Kier alpha value is -7.10. The van der Waals surface area contributed by atoms with Gasteiger partial charge in [-0.15, -0.1) is 0 Å². The molecule has 0 amide bonds. The topological polar surface area (TPSA) is 29.5 Å². The van der Waals surface area contributed by atoms with Gasteiger partial charge in [-0.1, -0.05) is 153 Å². The number of anilines is 2. The maximum Gasteiger partial charge on any atom is 0.143 e. The Labute approximate surface area is 349 Å². The van der Waals surface area contributed by atoms with E-state index in [2.05, 4.69) is 195 Å². The van der Waals surface area contributed by atoms with Gasteiger partial charge >= 0.3 is 0 Å². The Balaban J connectivity index is 0.980. The van der Waals surface area contributed by atoms with Crippen molar-refractivity contribution in [1.29, 1.82) is 0 Å². The largest absolute Gasteiger partial charge is 0.456 e. The second-order valence-corrected chi connectivity index (χ2v) is 17.1. The van der Waals surface area contributed by atoms with E-state index in [1.165, 1.54) is 39.1 Å². The molecule has 2 aromatic heterocycles. The van der Waals surface area contributed by atoms with Gasteiger partial charge < -0.3 is 13.7 Å². The lowest BCUT2D eigenvalue weighted by atomic mass is 9.82. The van der Waals surface area contributed by atoms with Gasteiger partial charge in [0.15, 0.2) is 0 Å². The zero-order chi connectivity index (χ0) is 40.0. The smallest absolute Gasteiger partial charge is 0.143 e. The van der Waals surface area contributed by atoms with E-state index in [9.17, 15) is 0 Å². The fourth-order valence-electron chi connectivity index (χ4n) is 10.3. The number of allylic oxidation sites excluding steroid dienone is 7. The summed E-state index contributed by atoms with van der Waals surface area (Å²) in [6, 6.07) is 52.9. The molecule has 0 bridgehead atoms. The Morgan fingerprint density at radius 1 is 0.617 bits per heavy atom. The maximum atomic E-state index is 7.09. The number of fused-ring (bicyclic) bond motifs is 9. The molecule has 9 aromatic rings. The molecule has 0 spiro atoms. The molecule has 0 saturated carbocycles. The molecule has 0 saturated heterocycles. The minimum Gasteiger partial charge on any atom is -0.456 e. The number of rotatable bonds is 6. The van der Waals surface area contributed by atoms with Gasteiger partial charge in [-0.2, -0.15) is 0 Å². The average Bonchev–Trinajstić information content (AvgIpc) is 3.94. The third-order valence-electron chi connectivity index (χ3n) is 13.3. The number of benzene rings is 7. The van der Waals surface area contributed by atoms with Crippen LogP contribution in [0, 0.1) is 0 Å². The Bertz CT molecular complexity index is 3310. The van der Waals surface area contributed by atoms with Crippen molar-refractivity contribution >= 4 is 60.8 Å². The lowest BCUT2D eigenvalue weighted by molar-refractivity contribution is 0.660. The van der Waals surface area contributed by atoms with E-state index in [0.29, 0.717) is 5.92 Å². The predicted octanol–water partition coefficient (Wildman–Crippen LogP) is 16.0. The van der Waals surface area contributed by atoms with E-state index >= 15 is 0 Å². The van der Waals surface area contributed by atoms with E-state index < -0.39 is 0 Å². The molecule has 0 radical (unpaired) electrons. The van der Waals surface area contributed by atoms with E-state index in [-0.39, 0.29) is 5.41 Å². The first-order chi connectivity index (χ1) is 29.5. The highest BCUT2D eigenvalue weighted by Gasteiger charge is 2.36. The monoisotopic (exact) mass is 773 g/mol. The van der Waals surface area contributed by atoms with Gasteiger partial charge in [-0.3, -0.25) is 0 Å². The highest BCUT2D eigenvalue weighted by Crippen LogP contribution is 2.51. The van der Waals surface area contributed by atoms with Crippen LogP contribution in [0.4, 0.5) is 11.4 Å². The minimum atomic E-state index is -0.0995. The third kappa shape index (κ3) is 5.35. The van der Waals surface area contributed by atoms with Gasteiger partial charge in [0, 0.05) is 61.1 Å². The fraction of sp³-hybridized carbons (Fsp3) is 0.123. The summed E-state index contributed by atoms with van der Waals surface area (Å²) in [5.74, 6) is 0.353. The SMILES string of the molecule is CC1(C)c2ccccc2-c2ccc(N(C3=CCC(c4ccccc4)C=C3)c3ccc(-c4cccc5c4oc4c(C6=CC=CCC6)c6c(cc45)oc4ccccc46)cc3)cc21. The van der Waals surface area contributed by atoms with Crippen molar-refractivity contribution in [2.75, 3.05) is 4.90 Å². The van der Waals surface area contributed by atoms with Gasteiger partial charge in [0.1, 0.15) is 22.3 Å². The summed E-state index contributed by atoms with van der Waals surface area (Å²) in [6.07, 6.45) is 16.7. The Morgan fingerprint density at radius 2 is 1.38 bits per heavy atom. The molecule has 1 unspecified atom stereocenters. The van der Waals surface area contributed by atoms with Crippen LogP contribution in [0.15, 0.2) is 197 Å². The van der Waals surface area contributed by atoms with E-state index in [1.807, 2.05) is 6.07 Å². The number of hydrogen-bond acceptors (Lipinski definition) is 3. The first-order valence-electron chi connectivity index (χ1n) is 21.2. The molecule has 0 N–H and O–H groups in total. The zero-order valence-corrected chi connectivity index (χ0v) is 33.8. The molecule has 60 heavy (non-hydrogen) atoms. The van der Waals surface area contributed by atoms with Crippen molar-refractivity contribution < 1.29 is 8.83 Å². The second-order valence-electron chi connectivity index (χ2n) is 17.1. The summed E-state index contributed by atoms with van der Waals surface area (Å²) in [4.78, 5) is 2.43. The van der Waals surface area contributed by atoms with E-state index in [4.69, 9.17) is 8.83 Å². The summed E-state index contributed by atoms with van der Waals surface area (Å²) in [6.45, 7) is 4.71. The van der Waals surface area contributed by atoms with Crippen LogP contribution < -0.4 is 4.90 Å². The summed E-state index contributed by atoms with van der Waals surface area (Å²) in [7, 11) is 0. The molecule has 0 aliphatic heterocycles. The van der Waals surface area contributed by atoms with Gasteiger partial charge in [0.2, 0.25) is 0 Å². The van der Waals surface area contributed by atoms with Crippen LogP contribution in [-0.4, -0.2) is 0 Å². The molecule has 1 atom stereocenters. The van der Waals surface area contributed by atoms with Gasteiger partial charge in [0.05, 0.1) is 0 Å². The van der Waals surface area contributed by atoms with Crippen molar-refractivity contribution in [2.45, 2.75) is 44.4 Å². The summed E-state index contributed by atoms with van der Waals surface area (Å²) < 4.78 is 13.6.